The quantitative estimate of drug-likeness (QED) is 0.530. The van der Waals surface area contributed by atoms with Crippen LogP contribution >= 0.6 is 0 Å². The van der Waals surface area contributed by atoms with Gasteiger partial charge in [0.05, 0.1) is 29.3 Å². The number of nitrogens with one attached hydrogen (secondary N) is 1. The van der Waals surface area contributed by atoms with E-state index in [4.69, 9.17) is 14.5 Å². The average molecular weight is 479 g/mol. The van der Waals surface area contributed by atoms with Crippen molar-refractivity contribution in [2.45, 2.75) is 63.5 Å². The van der Waals surface area contributed by atoms with E-state index < -0.39 is 5.97 Å². The van der Waals surface area contributed by atoms with Crippen molar-refractivity contribution in [3.8, 4) is 11.4 Å². The molecule has 35 heavy (non-hydrogen) atoms. The standard InChI is InChI=1S/C26H30N4O5/c31-23(8-9-24(32)33)29-12-10-19(15-29)27-26(34)17-6-7-22-21(14-17)28-25(18-11-13-35-16-18)30(22)20-4-2-1-3-5-20/h6-7,11,13-14,16,19-20H,1-5,8-10,12,15H2,(H,27,34)(H,32,33). The number of fused-ring (bicyclic) bond motifs is 1. The Hall–Kier alpha value is -3.62. The normalized spacial score (nSPS) is 18.7. The maximum atomic E-state index is 13.0. The number of benzene rings is 1. The minimum atomic E-state index is -0.986. The van der Waals surface area contributed by atoms with Crippen LogP contribution < -0.4 is 5.32 Å². The van der Waals surface area contributed by atoms with Crippen LogP contribution in [0.3, 0.4) is 0 Å². The molecular weight excluding hydrogens is 448 g/mol. The number of hydrogen-bond donors (Lipinski definition) is 2. The Balaban J connectivity index is 1.33. The third kappa shape index (κ3) is 4.94. The Kier molecular flexibility index (Phi) is 6.57. The number of carboxylic acid groups (broad SMARTS) is 1. The first-order valence-electron chi connectivity index (χ1n) is 12.3. The predicted molar refractivity (Wildman–Crippen MR) is 129 cm³/mol. The largest absolute Gasteiger partial charge is 0.481 e. The van der Waals surface area contributed by atoms with Gasteiger partial charge in [0.15, 0.2) is 0 Å². The zero-order valence-electron chi connectivity index (χ0n) is 19.6. The smallest absolute Gasteiger partial charge is 0.303 e. The number of imidazole rings is 1. The number of rotatable bonds is 7. The lowest BCUT2D eigenvalue weighted by molar-refractivity contribution is -0.140. The van der Waals surface area contributed by atoms with Crippen LogP contribution in [0.2, 0.25) is 0 Å². The van der Waals surface area contributed by atoms with Gasteiger partial charge in [-0.15, -0.1) is 0 Å². The van der Waals surface area contributed by atoms with Crippen LogP contribution in [0.4, 0.5) is 0 Å². The van der Waals surface area contributed by atoms with Crippen LogP contribution in [0.15, 0.2) is 41.2 Å². The third-order valence-corrected chi connectivity index (χ3v) is 7.10. The molecule has 1 unspecified atom stereocenters. The van der Waals surface area contributed by atoms with E-state index in [1.165, 1.54) is 19.3 Å². The van der Waals surface area contributed by atoms with Crippen molar-refractivity contribution in [1.29, 1.82) is 0 Å². The fourth-order valence-corrected chi connectivity index (χ4v) is 5.29. The van der Waals surface area contributed by atoms with E-state index in [0.29, 0.717) is 31.1 Å². The average Bonchev–Trinajstić information content (AvgIpc) is 3.62. The van der Waals surface area contributed by atoms with E-state index in [1.807, 2.05) is 24.3 Å². The predicted octanol–water partition coefficient (Wildman–Crippen LogP) is 4.00. The first-order chi connectivity index (χ1) is 17.0. The van der Waals surface area contributed by atoms with Gasteiger partial charge in [-0.2, -0.15) is 0 Å². The molecule has 2 aliphatic rings. The van der Waals surface area contributed by atoms with Crippen molar-refractivity contribution >= 4 is 28.8 Å². The van der Waals surface area contributed by atoms with E-state index in [0.717, 1.165) is 35.3 Å². The molecule has 1 aliphatic heterocycles. The summed E-state index contributed by atoms with van der Waals surface area (Å²) < 4.78 is 7.63. The zero-order valence-corrected chi connectivity index (χ0v) is 19.6. The summed E-state index contributed by atoms with van der Waals surface area (Å²) in [6.45, 7) is 0.912. The van der Waals surface area contributed by atoms with E-state index in [2.05, 4.69) is 9.88 Å². The van der Waals surface area contributed by atoms with E-state index in [9.17, 15) is 14.4 Å². The molecule has 1 saturated carbocycles. The maximum absolute atomic E-state index is 13.0. The molecule has 1 atom stereocenters. The van der Waals surface area contributed by atoms with Crippen molar-refractivity contribution in [3.05, 3.63) is 42.4 Å². The van der Waals surface area contributed by atoms with Crippen LogP contribution in [0.1, 0.15) is 67.8 Å². The summed E-state index contributed by atoms with van der Waals surface area (Å²) in [7, 11) is 0. The summed E-state index contributed by atoms with van der Waals surface area (Å²) in [5.41, 5.74) is 3.24. The molecule has 9 heteroatoms. The van der Waals surface area contributed by atoms with Gasteiger partial charge in [0.2, 0.25) is 5.91 Å². The summed E-state index contributed by atoms with van der Waals surface area (Å²) in [5.74, 6) is -0.511. The van der Waals surface area contributed by atoms with Gasteiger partial charge in [-0.25, -0.2) is 4.98 Å². The molecule has 2 N–H and O–H groups in total. The lowest BCUT2D eigenvalue weighted by Gasteiger charge is -2.25. The summed E-state index contributed by atoms with van der Waals surface area (Å²) in [5, 5.41) is 11.8. The lowest BCUT2D eigenvalue weighted by Crippen LogP contribution is -2.38. The fourth-order valence-electron chi connectivity index (χ4n) is 5.29. The van der Waals surface area contributed by atoms with Crippen molar-refractivity contribution < 1.29 is 23.9 Å². The van der Waals surface area contributed by atoms with E-state index >= 15 is 0 Å². The van der Waals surface area contributed by atoms with Gasteiger partial charge in [-0.1, -0.05) is 19.3 Å². The number of carbonyl (C=O) groups excluding carboxylic acids is 2. The molecule has 0 radical (unpaired) electrons. The summed E-state index contributed by atoms with van der Waals surface area (Å²) in [6, 6.07) is 7.78. The summed E-state index contributed by atoms with van der Waals surface area (Å²) in [4.78, 5) is 42.4. The maximum Gasteiger partial charge on any atom is 0.303 e. The molecule has 3 aromatic rings. The summed E-state index contributed by atoms with van der Waals surface area (Å²) >= 11 is 0. The number of nitrogens with zero attached hydrogens (tertiary/aromatic N) is 3. The number of carbonyl (C=O) groups is 3. The lowest BCUT2D eigenvalue weighted by atomic mass is 9.95. The van der Waals surface area contributed by atoms with Crippen LogP contribution in [0.5, 0.6) is 0 Å². The second-order valence-corrected chi connectivity index (χ2v) is 9.51. The highest BCUT2D eigenvalue weighted by Crippen LogP contribution is 2.36. The second kappa shape index (κ2) is 9.93. The molecule has 0 bridgehead atoms. The Morgan fingerprint density at radius 1 is 1.09 bits per heavy atom. The molecule has 1 aliphatic carbocycles. The van der Waals surface area contributed by atoms with Crippen LogP contribution in [0, 0.1) is 0 Å². The van der Waals surface area contributed by atoms with E-state index in [-0.39, 0.29) is 30.7 Å². The van der Waals surface area contributed by atoms with Crippen LogP contribution in [-0.2, 0) is 9.59 Å². The van der Waals surface area contributed by atoms with Gasteiger partial charge >= 0.3 is 5.97 Å². The first kappa shape index (κ1) is 23.1. The SMILES string of the molecule is O=C(O)CCC(=O)N1CCC(NC(=O)c2ccc3c(c2)nc(-c2ccoc2)n3C2CCCCC2)C1. The molecule has 2 fully saturated rings. The number of carboxylic acids is 1. The van der Waals surface area contributed by atoms with Crippen molar-refractivity contribution in [2.24, 2.45) is 0 Å². The van der Waals surface area contributed by atoms with Crippen molar-refractivity contribution in [3.63, 3.8) is 0 Å². The fraction of sp³-hybridized carbons (Fsp3) is 0.462. The summed E-state index contributed by atoms with van der Waals surface area (Å²) in [6.07, 6.45) is 9.69. The monoisotopic (exact) mass is 478 g/mol. The molecule has 9 nitrogen and oxygen atoms in total. The highest BCUT2D eigenvalue weighted by Gasteiger charge is 2.28. The van der Waals surface area contributed by atoms with Crippen molar-refractivity contribution in [1.82, 2.24) is 19.8 Å². The number of hydrogen-bond acceptors (Lipinski definition) is 5. The number of furan rings is 1. The highest BCUT2D eigenvalue weighted by molar-refractivity contribution is 5.98. The second-order valence-electron chi connectivity index (χ2n) is 9.51. The minimum Gasteiger partial charge on any atom is -0.481 e. The molecule has 0 spiro atoms. The highest BCUT2D eigenvalue weighted by atomic mass is 16.4. The molecule has 184 valence electrons. The van der Waals surface area contributed by atoms with Gasteiger partial charge < -0.3 is 24.3 Å². The van der Waals surface area contributed by atoms with Gasteiger partial charge in [0.1, 0.15) is 12.1 Å². The number of aromatic nitrogens is 2. The van der Waals surface area contributed by atoms with Crippen LogP contribution in [0.25, 0.3) is 22.4 Å². The Labute approximate surface area is 203 Å². The molecule has 1 saturated heterocycles. The molecule has 3 heterocycles. The Morgan fingerprint density at radius 2 is 1.91 bits per heavy atom. The van der Waals surface area contributed by atoms with Gasteiger partial charge in [0.25, 0.3) is 5.91 Å². The van der Waals surface area contributed by atoms with Crippen LogP contribution in [-0.4, -0.2) is 56.5 Å². The van der Waals surface area contributed by atoms with Gasteiger partial charge in [0, 0.05) is 37.2 Å². The molecule has 1 aromatic carbocycles. The molecule has 2 amide bonds. The Bertz CT molecular complexity index is 1230. The van der Waals surface area contributed by atoms with Gasteiger partial charge in [-0.3, -0.25) is 14.4 Å². The zero-order chi connectivity index (χ0) is 24.4. The minimum absolute atomic E-state index is 0.0185. The van der Waals surface area contributed by atoms with Crippen molar-refractivity contribution in [2.75, 3.05) is 13.1 Å². The molecule has 5 rings (SSSR count). The first-order valence-corrected chi connectivity index (χ1v) is 12.3. The number of aliphatic carboxylic acids is 1. The molecule has 2 aromatic heterocycles. The van der Waals surface area contributed by atoms with Gasteiger partial charge in [-0.05, 0) is 43.5 Å². The Morgan fingerprint density at radius 3 is 2.66 bits per heavy atom. The van der Waals surface area contributed by atoms with E-state index in [1.54, 1.807) is 17.4 Å². The number of likely N-dealkylation sites (tertiary alicyclic amines) is 1. The third-order valence-electron chi connectivity index (χ3n) is 7.10. The number of amides is 2. The molecular formula is C26H30N4O5. The topological polar surface area (TPSA) is 118 Å².